The molecule has 35 heavy (non-hydrogen) atoms. The number of carbonyl (C=O) groups excluding carboxylic acids is 1. The molecule has 1 heterocycles. The number of carbonyl (C=O) groups is 1. The van der Waals surface area contributed by atoms with E-state index in [1.807, 2.05) is 0 Å². The fraction of sp³-hybridized carbons (Fsp3) is 0.292. The van der Waals surface area contributed by atoms with Gasteiger partial charge in [-0.15, -0.1) is 0 Å². The summed E-state index contributed by atoms with van der Waals surface area (Å²) in [4.78, 5) is 25.1. The van der Waals surface area contributed by atoms with Crippen LogP contribution in [0, 0.1) is 0 Å². The van der Waals surface area contributed by atoms with Gasteiger partial charge < -0.3 is 24.2 Å². The number of methoxy groups -OCH3 is 1. The topological polar surface area (TPSA) is 129 Å². The van der Waals surface area contributed by atoms with E-state index in [0.717, 1.165) is 0 Å². The number of nitrogens with one attached hydrogen (secondary N) is 1. The van der Waals surface area contributed by atoms with Crippen LogP contribution in [0.4, 0.5) is 0 Å². The third-order valence-corrected chi connectivity index (χ3v) is 6.80. The summed E-state index contributed by atoms with van der Waals surface area (Å²) in [5.41, 5.74) is 1.76. The summed E-state index contributed by atoms with van der Waals surface area (Å²) in [6.45, 7) is 3.89. The summed E-state index contributed by atoms with van der Waals surface area (Å²) in [6.07, 6.45) is -0.254. The van der Waals surface area contributed by atoms with Gasteiger partial charge >= 0.3 is 7.60 Å². The zero-order chi connectivity index (χ0) is 25.4. The summed E-state index contributed by atoms with van der Waals surface area (Å²) in [7, 11) is -1.97. The van der Waals surface area contributed by atoms with Gasteiger partial charge in [0.2, 0.25) is 0 Å². The molecule has 3 aromatic rings. The summed E-state index contributed by atoms with van der Waals surface area (Å²) >= 11 is 0. The van der Waals surface area contributed by atoms with E-state index in [4.69, 9.17) is 13.8 Å². The normalized spacial score (nSPS) is 11.3. The highest BCUT2D eigenvalue weighted by Gasteiger charge is 2.24. The Labute approximate surface area is 203 Å². The maximum Gasteiger partial charge on any atom is 0.349 e. The Morgan fingerprint density at radius 3 is 2.49 bits per heavy atom. The largest absolute Gasteiger partial charge is 0.504 e. The van der Waals surface area contributed by atoms with Gasteiger partial charge in [0.25, 0.3) is 11.5 Å². The summed E-state index contributed by atoms with van der Waals surface area (Å²) in [5, 5.41) is 17.0. The molecule has 2 N–H and O–H groups in total. The number of amides is 1. The fourth-order valence-corrected chi connectivity index (χ4v) is 4.72. The van der Waals surface area contributed by atoms with Gasteiger partial charge in [-0.3, -0.25) is 14.2 Å². The number of aromatic nitrogens is 2. The Bertz CT molecular complexity index is 1280. The predicted octanol–water partition coefficient (Wildman–Crippen LogP) is 3.63. The molecule has 2 aromatic carbocycles. The SMILES string of the molecule is CCOP(=O)(CNC(=O)c1cccc(Cn2nc(-c3ccc(OC)c(O)c3)ccc2=O)c1)OCC. The number of ether oxygens (including phenoxy) is 1. The van der Waals surface area contributed by atoms with E-state index in [-0.39, 0.29) is 37.4 Å². The van der Waals surface area contributed by atoms with Crippen molar-refractivity contribution in [3.63, 3.8) is 0 Å². The zero-order valence-electron chi connectivity index (χ0n) is 19.8. The molecule has 0 spiro atoms. The molecule has 1 amide bonds. The number of hydrogen-bond donors (Lipinski definition) is 2. The van der Waals surface area contributed by atoms with Crippen LogP contribution in [-0.4, -0.2) is 47.4 Å². The van der Waals surface area contributed by atoms with E-state index >= 15 is 0 Å². The van der Waals surface area contributed by atoms with E-state index in [1.165, 1.54) is 23.9 Å². The highest BCUT2D eigenvalue weighted by molar-refractivity contribution is 7.53. The molecule has 0 unspecified atom stereocenters. The molecule has 11 heteroatoms. The lowest BCUT2D eigenvalue weighted by Gasteiger charge is -2.17. The van der Waals surface area contributed by atoms with Crippen LogP contribution >= 0.6 is 7.60 Å². The van der Waals surface area contributed by atoms with E-state index in [9.17, 15) is 19.3 Å². The first-order chi connectivity index (χ1) is 16.8. The van der Waals surface area contributed by atoms with Gasteiger partial charge in [-0.25, -0.2) is 4.68 Å². The Balaban J connectivity index is 1.77. The minimum Gasteiger partial charge on any atom is -0.504 e. The van der Waals surface area contributed by atoms with Gasteiger partial charge in [0, 0.05) is 17.2 Å². The lowest BCUT2D eigenvalue weighted by Crippen LogP contribution is -2.26. The first-order valence-corrected chi connectivity index (χ1v) is 12.7. The lowest BCUT2D eigenvalue weighted by molar-refractivity contribution is 0.0954. The minimum atomic E-state index is -3.42. The Morgan fingerprint density at radius 1 is 1.09 bits per heavy atom. The molecule has 186 valence electrons. The molecule has 0 saturated carbocycles. The van der Waals surface area contributed by atoms with Gasteiger partial charge in [0.05, 0.1) is 32.6 Å². The first-order valence-electron chi connectivity index (χ1n) is 11.0. The molecule has 0 aliphatic rings. The Kier molecular flexibility index (Phi) is 8.81. The predicted molar refractivity (Wildman–Crippen MR) is 131 cm³/mol. The second-order valence-corrected chi connectivity index (χ2v) is 9.47. The van der Waals surface area contributed by atoms with Gasteiger partial charge in [-0.2, -0.15) is 5.10 Å². The molecule has 0 radical (unpaired) electrons. The average molecular weight is 501 g/mol. The second-order valence-electron chi connectivity index (χ2n) is 7.41. The van der Waals surface area contributed by atoms with Crippen molar-refractivity contribution in [1.82, 2.24) is 15.1 Å². The van der Waals surface area contributed by atoms with Crippen LogP contribution in [0.1, 0.15) is 29.8 Å². The lowest BCUT2D eigenvalue weighted by atomic mass is 10.1. The first kappa shape index (κ1) is 26.2. The molecule has 0 atom stereocenters. The van der Waals surface area contributed by atoms with Gasteiger partial charge in [0.1, 0.15) is 6.29 Å². The fourth-order valence-electron chi connectivity index (χ4n) is 3.34. The number of hydrogen-bond acceptors (Lipinski definition) is 8. The minimum absolute atomic E-state index is 0.0403. The monoisotopic (exact) mass is 501 g/mol. The van der Waals surface area contributed by atoms with Crippen LogP contribution in [0.3, 0.4) is 0 Å². The van der Waals surface area contributed by atoms with Gasteiger partial charge in [0.15, 0.2) is 11.5 Å². The molecule has 0 saturated heterocycles. The quantitative estimate of drug-likeness (QED) is 0.381. The highest BCUT2D eigenvalue weighted by atomic mass is 31.2. The maximum absolute atomic E-state index is 12.6. The summed E-state index contributed by atoms with van der Waals surface area (Å²) in [5.74, 6) is -0.160. The van der Waals surface area contributed by atoms with Gasteiger partial charge in [-0.1, -0.05) is 12.1 Å². The van der Waals surface area contributed by atoms with Crippen molar-refractivity contribution in [1.29, 1.82) is 0 Å². The average Bonchev–Trinajstić information content (AvgIpc) is 2.84. The van der Waals surface area contributed by atoms with Crippen molar-refractivity contribution in [2.75, 3.05) is 26.6 Å². The molecule has 10 nitrogen and oxygen atoms in total. The third kappa shape index (κ3) is 6.79. The number of aromatic hydroxyl groups is 1. The van der Waals surface area contributed by atoms with Crippen molar-refractivity contribution >= 4 is 13.5 Å². The van der Waals surface area contributed by atoms with Crippen LogP contribution in [0.25, 0.3) is 11.3 Å². The number of rotatable bonds is 11. The molecule has 1 aromatic heterocycles. The van der Waals surface area contributed by atoms with E-state index in [2.05, 4.69) is 10.4 Å². The van der Waals surface area contributed by atoms with E-state index < -0.39 is 13.5 Å². The Morgan fingerprint density at radius 2 is 1.83 bits per heavy atom. The zero-order valence-corrected chi connectivity index (χ0v) is 20.7. The van der Waals surface area contributed by atoms with Crippen molar-refractivity contribution < 1.29 is 28.3 Å². The molecular formula is C24H28N3O7P. The smallest absolute Gasteiger partial charge is 0.349 e. The van der Waals surface area contributed by atoms with Crippen molar-refractivity contribution in [3.05, 3.63) is 76.1 Å². The number of phenolic OH excluding ortho intramolecular Hbond substituents is 1. The summed E-state index contributed by atoms with van der Waals surface area (Å²) in [6, 6.07) is 14.5. The van der Waals surface area contributed by atoms with Crippen LogP contribution in [-0.2, 0) is 20.2 Å². The van der Waals surface area contributed by atoms with E-state index in [0.29, 0.717) is 28.1 Å². The van der Waals surface area contributed by atoms with Gasteiger partial charge in [-0.05, 0) is 55.8 Å². The highest BCUT2D eigenvalue weighted by Crippen LogP contribution is 2.46. The second kappa shape index (κ2) is 11.8. The third-order valence-electron chi connectivity index (χ3n) is 4.95. The maximum atomic E-state index is 12.6. The molecule has 0 aliphatic heterocycles. The Hall–Kier alpha value is -3.46. The summed E-state index contributed by atoms with van der Waals surface area (Å²) < 4.78 is 29.3. The van der Waals surface area contributed by atoms with Crippen LogP contribution in [0.5, 0.6) is 11.5 Å². The number of benzene rings is 2. The molecule has 0 fully saturated rings. The van der Waals surface area contributed by atoms with Crippen LogP contribution in [0.15, 0.2) is 59.4 Å². The van der Waals surface area contributed by atoms with E-state index in [1.54, 1.807) is 56.3 Å². The van der Waals surface area contributed by atoms with Crippen molar-refractivity contribution in [2.45, 2.75) is 20.4 Å². The number of phenols is 1. The molecular weight excluding hydrogens is 473 g/mol. The van der Waals surface area contributed by atoms with Crippen molar-refractivity contribution in [2.24, 2.45) is 0 Å². The number of nitrogens with zero attached hydrogens (tertiary/aromatic N) is 2. The molecule has 0 aliphatic carbocycles. The molecule has 0 bridgehead atoms. The standard InChI is InChI=1S/C24H28N3O7P/c1-4-33-35(31,34-5-2)16-25-24(30)19-8-6-7-17(13-19)15-27-23(29)12-10-20(26-27)18-9-11-22(32-3)21(28)14-18/h6-14,28H,4-5,15-16H2,1-3H3,(H,25,30). The molecule has 3 rings (SSSR count). The van der Waals surface area contributed by atoms with Crippen LogP contribution in [0.2, 0.25) is 0 Å². The van der Waals surface area contributed by atoms with Crippen LogP contribution < -0.4 is 15.6 Å². The van der Waals surface area contributed by atoms with Crippen molar-refractivity contribution in [3.8, 4) is 22.8 Å².